The molecule has 5 nitrogen and oxygen atoms in total. The molecule has 0 aliphatic rings. The van der Waals surface area contributed by atoms with Crippen molar-refractivity contribution in [2.24, 2.45) is 0 Å². The fourth-order valence-corrected chi connectivity index (χ4v) is 1.76. The van der Waals surface area contributed by atoms with Gasteiger partial charge in [0.2, 0.25) is 5.76 Å². The topological polar surface area (TPSA) is 83.8 Å². The molecule has 0 saturated carbocycles. The molecule has 0 aliphatic heterocycles. The van der Waals surface area contributed by atoms with Gasteiger partial charge in [0.1, 0.15) is 18.2 Å². The van der Waals surface area contributed by atoms with Crippen molar-refractivity contribution < 1.29 is 28.9 Å². The Bertz CT molecular complexity index is 750. The molecule has 2 aromatic rings. The van der Waals surface area contributed by atoms with Crippen LogP contribution in [0.5, 0.6) is 5.75 Å². The Morgan fingerprint density at radius 1 is 1.09 bits per heavy atom. The summed E-state index contributed by atoms with van der Waals surface area (Å²) in [6, 6.07) is 11.9. The summed E-state index contributed by atoms with van der Waals surface area (Å²) >= 11 is 0. The number of hydrogen-bond donors (Lipinski definition) is 2. The standard InChI is InChI=1S/C17H13FO5/c18-13-6-4-11(5-7-13)10-23-14-3-1-2-12(8-14)15(19)9-16(20)17(21)22/h1-9,20H,10H2,(H,21,22). The third kappa shape index (κ3) is 4.67. The van der Waals surface area contributed by atoms with E-state index in [4.69, 9.17) is 14.9 Å². The zero-order chi connectivity index (χ0) is 16.8. The first-order chi connectivity index (χ1) is 11.0. The van der Waals surface area contributed by atoms with Gasteiger partial charge in [-0.3, -0.25) is 4.79 Å². The number of halogens is 1. The van der Waals surface area contributed by atoms with Crippen LogP contribution in [-0.4, -0.2) is 22.0 Å². The van der Waals surface area contributed by atoms with Crippen LogP contribution in [0.1, 0.15) is 15.9 Å². The molecule has 0 spiro atoms. The van der Waals surface area contributed by atoms with Gasteiger partial charge in [-0.15, -0.1) is 0 Å². The molecule has 0 aromatic heterocycles. The molecule has 0 radical (unpaired) electrons. The molecule has 6 heteroatoms. The second-order valence-corrected chi connectivity index (χ2v) is 4.64. The second kappa shape index (κ2) is 7.22. The predicted octanol–water partition coefficient (Wildman–Crippen LogP) is 3.11. The zero-order valence-electron chi connectivity index (χ0n) is 11.9. The zero-order valence-corrected chi connectivity index (χ0v) is 11.9. The lowest BCUT2D eigenvalue weighted by atomic mass is 10.1. The minimum absolute atomic E-state index is 0.175. The largest absolute Gasteiger partial charge is 0.502 e. The number of hydrogen-bond acceptors (Lipinski definition) is 4. The number of rotatable bonds is 6. The molecule has 0 unspecified atom stereocenters. The maximum absolute atomic E-state index is 12.8. The fourth-order valence-electron chi connectivity index (χ4n) is 1.76. The van der Waals surface area contributed by atoms with Crippen LogP contribution >= 0.6 is 0 Å². The predicted molar refractivity (Wildman–Crippen MR) is 79.9 cm³/mol. The number of carbonyl (C=O) groups excluding carboxylic acids is 1. The van der Waals surface area contributed by atoms with Crippen molar-refractivity contribution in [3.63, 3.8) is 0 Å². The minimum atomic E-state index is -1.58. The van der Waals surface area contributed by atoms with Gasteiger partial charge in [-0.1, -0.05) is 24.3 Å². The van der Waals surface area contributed by atoms with E-state index in [1.165, 1.54) is 24.3 Å². The molecule has 0 atom stereocenters. The van der Waals surface area contributed by atoms with Crippen molar-refractivity contribution in [3.8, 4) is 5.75 Å². The van der Waals surface area contributed by atoms with Crippen LogP contribution in [0.3, 0.4) is 0 Å². The average molecular weight is 316 g/mol. The first-order valence-electron chi connectivity index (χ1n) is 6.61. The number of aliphatic hydroxyl groups is 1. The summed E-state index contributed by atoms with van der Waals surface area (Å²) in [7, 11) is 0. The van der Waals surface area contributed by atoms with Crippen LogP contribution < -0.4 is 4.74 Å². The molecule has 0 amide bonds. The Kier molecular flexibility index (Phi) is 5.09. The highest BCUT2D eigenvalue weighted by Crippen LogP contribution is 2.16. The number of aliphatic carboxylic acids is 1. The third-order valence-corrected chi connectivity index (χ3v) is 2.92. The van der Waals surface area contributed by atoms with Crippen molar-refractivity contribution in [3.05, 3.63) is 77.3 Å². The number of benzene rings is 2. The van der Waals surface area contributed by atoms with Crippen molar-refractivity contribution in [1.82, 2.24) is 0 Å². The number of aliphatic hydroxyl groups excluding tert-OH is 1. The van der Waals surface area contributed by atoms with Gasteiger partial charge in [0.05, 0.1) is 0 Å². The maximum Gasteiger partial charge on any atom is 0.371 e. The molecule has 2 aromatic carbocycles. The molecule has 0 saturated heterocycles. The fraction of sp³-hybridized carbons (Fsp3) is 0.0588. The highest BCUT2D eigenvalue weighted by Gasteiger charge is 2.10. The molecule has 0 heterocycles. The van der Waals surface area contributed by atoms with Gasteiger partial charge in [-0.25, -0.2) is 9.18 Å². The Morgan fingerprint density at radius 3 is 2.43 bits per heavy atom. The smallest absolute Gasteiger partial charge is 0.371 e. The SMILES string of the molecule is O=C(O)C(O)=CC(=O)c1cccc(OCc2ccc(F)cc2)c1. The maximum atomic E-state index is 12.8. The highest BCUT2D eigenvalue weighted by atomic mass is 19.1. The monoisotopic (exact) mass is 316 g/mol. The van der Waals surface area contributed by atoms with Crippen molar-refractivity contribution >= 4 is 11.8 Å². The Labute approximate surface area is 131 Å². The van der Waals surface area contributed by atoms with Gasteiger partial charge in [0.25, 0.3) is 0 Å². The Balaban J connectivity index is 2.07. The number of carboxylic acids is 1. The highest BCUT2D eigenvalue weighted by molar-refractivity contribution is 6.07. The van der Waals surface area contributed by atoms with E-state index in [9.17, 15) is 14.0 Å². The van der Waals surface area contributed by atoms with Gasteiger partial charge >= 0.3 is 5.97 Å². The summed E-state index contributed by atoms with van der Waals surface area (Å²) in [5, 5.41) is 17.6. The van der Waals surface area contributed by atoms with E-state index >= 15 is 0 Å². The first-order valence-corrected chi connectivity index (χ1v) is 6.61. The van der Waals surface area contributed by atoms with E-state index in [1.807, 2.05) is 0 Å². The number of ketones is 1. The van der Waals surface area contributed by atoms with Gasteiger partial charge in [0, 0.05) is 11.6 Å². The number of carboxylic acid groups (broad SMARTS) is 1. The van der Waals surface area contributed by atoms with E-state index in [0.29, 0.717) is 11.8 Å². The van der Waals surface area contributed by atoms with E-state index < -0.39 is 17.5 Å². The third-order valence-electron chi connectivity index (χ3n) is 2.92. The molecular formula is C17H13FO5. The molecule has 23 heavy (non-hydrogen) atoms. The van der Waals surface area contributed by atoms with Crippen LogP contribution in [0.4, 0.5) is 4.39 Å². The molecule has 0 aliphatic carbocycles. The van der Waals surface area contributed by atoms with Gasteiger partial charge < -0.3 is 14.9 Å². The second-order valence-electron chi connectivity index (χ2n) is 4.64. The van der Waals surface area contributed by atoms with Crippen molar-refractivity contribution in [2.75, 3.05) is 0 Å². The average Bonchev–Trinajstić information content (AvgIpc) is 2.54. The number of carbonyl (C=O) groups is 2. The molecular weight excluding hydrogens is 303 g/mol. The van der Waals surface area contributed by atoms with E-state index in [1.54, 1.807) is 24.3 Å². The first kappa shape index (κ1) is 16.2. The van der Waals surface area contributed by atoms with Crippen LogP contribution in [0.15, 0.2) is 60.4 Å². The van der Waals surface area contributed by atoms with Crippen LogP contribution in [0.25, 0.3) is 0 Å². The van der Waals surface area contributed by atoms with Crippen LogP contribution in [-0.2, 0) is 11.4 Å². The van der Waals surface area contributed by atoms with Crippen molar-refractivity contribution in [2.45, 2.75) is 6.61 Å². The van der Waals surface area contributed by atoms with E-state index in [-0.39, 0.29) is 18.0 Å². The summed E-state index contributed by atoms with van der Waals surface area (Å²) in [4.78, 5) is 22.3. The summed E-state index contributed by atoms with van der Waals surface area (Å²) in [5.41, 5.74) is 0.931. The molecule has 0 fully saturated rings. The van der Waals surface area contributed by atoms with Crippen LogP contribution in [0.2, 0.25) is 0 Å². The lowest BCUT2D eigenvalue weighted by molar-refractivity contribution is -0.135. The molecule has 0 bridgehead atoms. The number of allylic oxidation sites excluding steroid dienone is 1. The van der Waals surface area contributed by atoms with Gasteiger partial charge in [-0.2, -0.15) is 0 Å². The molecule has 2 N–H and O–H groups in total. The minimum Gasteiger partial charge on any atom is -0.502 e. The Morgan fingerprint density at radius 2 is 1.78 bits per heavy atom. The summed E-state index contributed by atoms with van der Waals surface area (Å²) in [6.07, 6.45) is 0.626. The van der Waals surface area contributed by atoms with Crippen molar-refractivity contribution in [1.29, 1.82) is 0 Å². The summed E-state index contributed by atoms with van der Waals surface area (Å²) in [5.74, 6) is -3.22. The number of ether oxygens (including phenoxy) is 1. The van der Waals surface area contributed by atoms with E-state index in [0.717, 1.165) is 5.56 Å². The lowest BCUT2D eigenvalue weighted by Gasteiger charge is -2.07. The summed E-state index contributed by atoms with van der Waals surface area (Å²) in [6.45, 7) is 0.189. The van der Waals surface area contributed by atoms with Crippen LogP contribution in [0, 0.1) is 5.82 Å². The van der Waals surface area contributed by atoms with Gasteiger partial charge in [-0.05, 0) is 29.8 Å². The lowest BCUT2D eigenvalue weighted by Crippen LogP contribution is -2.04. The normalized spacial score (nSPS) is 11.1. The Hall–Kier alpha value is -3.15. The van der Waals surface area contributed by atoms with E-state index in [2.05, 4.69) is 0 Å². The molecule has 118 valence electrons. The van der Waals surface area contributed by atoms with Gasteiger partial charge in [0.15, 0.2) is 5.78 Å². The molecule has 2 rings (SSSR count). The summed E-state index contributed by atoms with van der Waals surface area (Å²) < 4.78 is 18.3. The quantitative estimate of drug-likeness (QED) is 0.486.